The molecule has 0 bridgehead atoms. The quantitative estimate of drug-likeness (QED) is 0.158. The van der Waals surface area contributed by atoms with Crippen molar-refractivity contribution < 1.29 is 164 Å². The molecule has 47 heavy (non-hydrogen) atoms. The van der Waals surface area contributed by atoms with Gasteiger partial charge < -0.3 is 37.1 Å². The van der Waals surface area contributed by atoms with Crippen molar-refractivity contribution in [3.8, 4) is 11.1 Å². The summed E-state index contributed by atoms with van der Waals surface area (Å²) in [7, 11) is 0. The molecular weight excluding hydrogens is 949 g/mol. The van der Waals surface area contributed by atoms with E-state index in [0.29, 0.717) is 0 Å². The van der Waals surface area contributed by atoms with E-state index >= 15 is 0 Å². The van der Waals surface area contributed by atoms with Gasteiger partial charge in [-0.3, -0.25) is 0 Å². The van der Waals surface area contributed by atoms with Gasteiger partial charge >= 0.3 is 0 Å². The second-order valence-corrected chi connectivity index (χ2v) is 10.0. The first kappa shape index (κ1) is 66.8. The molecule has 0 nitrogen and oxygen atoms in total. The van der Waals surface area contributed by atoms with Gasteiger partial charge in [0.2, 0.25) is 0 Å². The van der Waals surface area contributed by atoms with Crippen molar-refractivity contribution in [2.45, 2.75) is 48.0 Å². The summed E-state index contributed by atoms with van der Waals surface area (Å²) in [5, 5.41) is 0. The molecule has 5 rings (SSSR count). The molecule has 5 aromatic carbocycles. The predicted molar refractivity (Wildman–Crippen MR) is 195 cm³/mol. The molecule has 0 spiro atoms. The Labute approximate surface area is 418 Å². The summed E-state index contributed by atoms with van der Waals surface area (Å²) < 4.78 is 0. The average Bonchev–Trinajstić information content (AvgIpc) is 2.90. The van der Waals surface area contributed by atoms with Crippen LogP contribution in [0.4, 0.5) is 0 Å². The third kappa shape index (κ3) is 27.9. The molecular formula is C42H55Y5-5. The van der Waals surface area contributed by atoms with Crippen LogP contribution in [0.1, 0.15) is 44.5 Å². The molecule has 0 saturated heterocycles. The maximum atomic E-state index is 2.20. The molecule has 5 heteroatoms. The number of hydrogen-bond acceptors (Lipinski definition) is 0. The van der Waals surface area contributed by atoms with Crippen LogP contribution in [0, 0.1) is 78.7 Å². The van der Waals surface area contributed by atoms with Crippen molar-refractivity contribution in [3.05, 3.63) is 203 Å². The number of benzene rings is 5. The molecule has 0 saturated carbocycles. The molecule has 0 aliphatic rings. The molecule has 0 heterocycles. The Morgan fingerprint density at radius 1 is 0.255 bits per heavy atom. The topological polar surface area (TPSA) is 0 Å². The molecule has 0 aromatic heterocycles. The van der Waals surface area contributed by atoms with E-state index in [1.54, 1.807) is 0 Å². The van der Waals surface area contributed by atoms with Crippen LogP contribution in [0.25, 0.3) is 11.1 Å². The summed E-state index contributed by atoms with van der Waals surface area (Å²) in [6.07, 6.45) is 1.03. The maximum Gasteiger partial charge on any atom is 0 e. The summed E-state index contributed by atoms with van der Waals surface area (Å²) in [4.78, 5) is 0. The van der Waals surface area contributed by atoms with E-state index in [-0.39, 0.29) is 201 Å². The second-order valence-electron chi connectivity index (χ2n) is 10.0. The standard InChI is InChI=1S/C15H16.C14H14.C8H10.5CH3.5Y/c1-12-3-7-14(8-4-12)11-15-9-5-13(2)6-10-15;1-11-3-7-13(8-4-11)14-9-5-12(2)6-10-14;1-7-3-5-8(2)6-4-7;;;;;;;;;;/h3-10H,11H2,1-2H3;3-10H,1-2H3;3-6H,1-2H3;5*1H3;;;;;/q;;;5*-1;;;;;. The van der Waals surface area contributed by atoms with Crippen molar-refractivity contribution >= 4 is 0 Å². The largest absolute Gasteiger partial charge is 0.358 e. The van der Waals surface area contributed by atoms with Crippen LogP contribution in [-0.4, -0.2) is 0 Å². The van der Waals surface area contributed by atoms with Crippen molar-refractivity contribution in [3.63, 3.8) is 0 Å². The van der Waals surface area contributed by atoms with Gasteiger partial charge in [-0.2, -0.15) is 0 Å². The van der Waals surface area contributed by atoms with Crippen molar-refractivity contribution in [2.24, 2.45) is 0 Å². The fourth-order valence-corrected chi connectivity index (χ4v) is 3.78. The van der Waals surface area contributed by atoms with Crippen LogP contribution >= 0.6 is 0 Å². The Kier molecular flexibility index (Phi) is 53.1. The van der Waals surface area contributed by atoms with Gasteiger partial charge in [0.05, 0.1) is 0 Å². The van der Waals surface area contributed by atoms with Crippen molar-refractivity contribution in [2.75, 3.05) is 0 Å². The Bertz CT molecular complexity index is 1240. The Morgan fingerprint density at radius 3 is 0.596 bits per heavy atom. The van der Waals surface area contributed by atoms with Gasteiger partial charge in [0.1, 0.15) is 0 Å². The third-order valence-corrected chi connectivity index (χ3v) is 6.30. The van der Waals surface area contributed by atoms with Crippen LogP contribution in [0.15, 0.2) is 121 Å². The summed E-state index contributed by atoms with van der Waals surface area (Å²) >= 11 is 0. The van der Waals surface area contributed by atoms with E-state index in [2.05, 4.69) is 163 Å². The van der Waals surface area contributed by atoms with Gasteiger partial charge in [-0.05, 0) is 70.2 Å². The first-order valence-corrected chi connectivity index (χ1v) is 13.1. The van der Waals surface area contributed by atoms with Gasteiger partial charge in [0.15, 0.2) is 0 Å². The Hall–Kier alpha value is 1.62. The smallest absolute Gasteiger partial charge is 0 e. The van der Waals surface area contributed by atoms with E-state index < -0.39 is 0 Å². The summed E-state index contributed by atoms with van der Waals surface area (Å²) in [6, 6.07) is 43.2. The van der Waals surface area contributed by atoms with E-state index in [0.717, 1.165) is 6.42 Å². The van der Waals surface area contributed by atoms with Crippen LogP contribution in [0.2, 0.25) is 0 Å². The van der Waals surface area contributed by atoms with Crippen LogP contribution in [0.5, 0.6) is 0 Å². The van der Waals surface area contributed by atoms with Gasteiger partial charge in [-0.25, -0.2) is 0 Å². The minimum Gasteiger partial charge on any atom is -0.358 e. The molecule has 5 radical (unpaired) electrons. The average molecular weight is 1000 g/mol. The maximum absolute atomic E-state index is 2.20. The summed E-state index contributed by atoms with van der Waals surface area (Å²) in [5.41, 5.74) is 13.2. The zero-order valence-electron chi connectivity index (χ0n) is 31.1. The van der Waals surface area contributed by atoms with Gasteiger partial charge in [0, 0.05) is 164 Å². The van der Waals surface area contributed by atoms with E-state index in [1.165, 1.54) is 55.6 Å². The van der Waals surface area contributed by atoms with Crippen molar-refractivity contribution in [1.82, 2.24) is 0 Å². The monoisotopic (exact) mass is 1000 g/mol. The molecule has 243 valence electrons. The fraction of sp³-hybridized carbons (Fsp3) is 0.167. The molecule has 5 aromatic rings. The predicted octanol–water partition coefficient (Wildman–Crippen LogP) is 12.4. The van der Waals surface area contributed by atoms with Crippen LogP contribution in [-0.2, 0) is 170 Å². The molecule has 0 aliphatic carbocycles. The minimum absolute atomic E-state index is 0. The summed E-state index contributed by atoms with van der Waals surface area (Å²) in [5.74, 6) is 0. The van der Waals surface area contributed by atoms with E-state index in [4.69, 9.17) is 0 Å². The van der Waals surface area contributed by atoms with Gasteiger partial charge in [-0.1, -0.05) is 155 Å². The molecule has 0 unspecified atom stereocenters. The zero-order valence-corrected chi connectivity index (χ0v) is 45.3. The van der Waals surface area contributed by atoms with E-state index in [1.807, 2.05) is 0 Å². The fourth-order valence-electron chi connectivity index (χ4n) is 3.78. The molecule has 0 N–H and O–H groups in total. The zero-order chi connectivity index (χ0) is 26.6. The van der Waals surface area contributed by atoms with Gasteiger partial charge in [-0.15, -0.1) is 0 Å². The molecule has 0 aliphatic heterocycles. The van der Waals surface area contributed by atoms with Crippen molar-refractivity contribution in [1.29, 1.82) is 0 Å². The molecule has 0 amide bonds. The number of hydrogen-bond donors (Lipinski definition) is 0. The first-order valence-electron chi connectivity index (χ1n) is 13.1. The van der Waals surface area contributed by atoms with Crippen LogP contribution < -0.4 is 0 Å². The Morgan fingerprint density at radius 2 is 0.404 bits per heavy atom. The third-order valence-electron chi connectivity index (χ3n) is 6.30. The SMILES string of the molecule is Cc1ccc(-c2ccc(C)cc2)cc1.Cc1ccc(C)cc1.Cc1ccc(Cc2ccc(C)cc2)cc1.[CH3-].[CH3-].[CH3-].[CH3-].[CH3-].[Y].[Y].[Y].[Y].[Y]. The summed E-state index contributed by atoms with van der Waals surface area (Å²) in [6.45, 7) is 12.7. The first-order chi connectivity index (χ1) is 17.8. The van der Waals surface area contributed by atoms with E-state index in [9.17, 15) is 0 Å². The normalized spacial score (nSPS) is 7.87. The Balaban J connectivity index is -0.0000000754. The van der Waals surface area contributed by atoms with Gasteiger partial charge in [0.25, 0.3) is 0 Å². The van der Waals surface area contributed by atoms with Crippen LogP contribution in [0.3, 0.4) is 0 Å². The molecule has 0 fully saturated rings. The number of rotatable bonds is 3. The second kappa shape index (κ2) is 37.4. The number of aryl methyl sites for hydroxylation is 6. The molecule has 0 atom stereocenters. The minimum atomic E-state index is 0.